The number of hydrogen-bond donors (Lipinski definition) is 1. The first kappa shape index (κ1) is 18.6. The average molecular weight is 350 g/mol. The van der Waals surface area contributed by atoms with Gasteiger partial charge in [-0.15, -0.1) is 0 Å². The van der Waals surface area contributed by atoms with Crippen LogP contribution in [0.5, 0.6) is 0 Å². The highest BCUT2D eigenvalue weighted by atomic mass is 32.2. The first-order valence-electron chi connectivity index (χ1n) is 7.84. The standard InChI is InChI=1S/C18H23FN2O2S/c1-4-14-9-11-15(12-10-14)17(21(2)3)13-20-24(22,23)18-8-6-5-7-16(18)19/h5-12,17,20H,4,13H2,1-3H3/t17-/m0/s1. The molecule has 6 heteroatoms. The molecule has 0 unspecified atom stereocenters. The van der Waals surface area contributed by atoms with Crippen molar-refractivity contribution >= 4 is 10.0 Å². The highest BCUT2D eigenvalue weighted by Gasteiger charge is 2.22. The van der Waals surface area contributed by atoms with Crippen molar-refractivity contribution in [2.24, 2.45) is 0 Å². The predicted octanol–water partition coefficient (Wildman–Crippen LogP) is 2.97. The fourth-order valence-electron chi connectivity index (χ4n) is 2.50. The summed E-state index contributed by atoms with van der Waals surface area (Å²) in [7, 11) is -0.123. The summed E-state index contributed by atoms with van der Waals surface area (Å²) in [5.74, 6) is -0.751. The molecule has 0 amide bonds. The Kier molecular flexibility index (Phi) is 6.10. The molecule has 0 saturated carbocycles. The van der Waals surface area contributed by atoms with E-state index in [9.17, 15) is 12.8 Å². The molecule has 0 radical (unpaired) electrons. The molecule has 0 aliphatic carbocycles. The maximum atomic E-state index is 13.7. The van der Waals surface area contributed by atoms with E-state index < -0.39 is 15.8 Å². The van der Waals surface area contributed by atoms with Crippen LogP contribution in [0.2, 0.25) is 0 Å². The fraction of sp³-hybridized carbons (Fsp3) is 0.333. The van der Waals surface area contributed by atoms with E-state index in [0.717, 1.165) is 18.1 Å². The van der Waals surface area contributed by atoms with Crippen LogP contribution in [0.4, 0.5) is 4.39 Å². The van der Waals surface area contributed by atoms with Crippen molar-refractivity contribution < 1.29 is 12.8 Å². The Labute approximate surface area is 143 Å². The summed E-state index contributed by atoms with van der Waals surface area (Å²) < 4.78 is 40.9. The Balaban J connectivity index is 2.18. The first-order chi connectivity index (χ1) is 11.3. The van der Waals surface area contributed by atoms with Crippen LogP contribution in [0.15, 0.2) is 53.4 Å². The van der Waals surface area contributed by atoms with Crippen LogP contribution in [-0.4, -0.2) is 34.0 Å². The molecule has 24 heavy (non-hydrogen) atoms. The van der Waals surface area contributed by atoms with Gasteiger partial charge in [-0.3, -0.25) is 0 Å². The highest BCUT2D eigenvalue weighted by molar-refractivity contribution is 7.89. The highest BCUT2D eigenvalue weighted by Crippen LogP contribution is 2.20. The zero-order valence-corrected chi connectivity index (χ0v) is 15.0. The Morgan fingerprint density at radius 1 is 1.08 bits per heavy atom. The predicted molar refractivity (Wildman–Crippen MR) is 93.8 cm³/mol. The van der Waals surface area contributed by atoms with Gasteiger partial charge in [0.25, 0.3) is 0 Å². The number of likely N-dealkylation sites (N-methyl/N-ethyl adjacent to an activating group) is 1. The third-order valence-electron chi connectivity index (χ3n) is 3.99. The molecule has 0 aliphatic rings. The molecular weight excluding hydrogens is 327 g/mol. The number of nitrogens with zero attached hydrogens (tertiary/aromatic N) is 1. The lowest BCUT2D eigenvalue weighted by atomic mass is 10.0. The van der Waals surface area contributed by atoms with Crippen LogP contribution >= 0.6 is 0 Å². The minimum Gasteiger partial charge on any atom is -0.301 e. The van der Waals surface area contributed by atoms with Gasteiger partial charge in [0.05, 0.1) is 0 Å². The minimum absolute atomic E-state index is 0.141. The van der Waals surface area contributed by atoms with Gasteiger partial charge in [0.1, 0.15) is 10.7 Å². The smallest absolute Gasteiger partial charge is 0.243 e. The topological polar surface area (TPSA) is 49.4 Å². The van der Waals surface area contributed by atoms with Crippen molar-refractivity contribution in [1.82, 2.24) is 9.62 Å². The fourth-order valence-corrected chi connectivity index (χ4v) is 3.62. The summed E-state index contributed by atoms with van der Waals surface area (Å²) in [6.07, 6.45) is 0.951. The first-order valence-corrected chi connectivity index (χ1v) is 9.33. The van der Waals surface area contributed by atoms with Gasteiger partial charge in [-0.1, -0.05) is 43.3 Å². The molecule has 0 bridgehead atoms. The van der Waals surface area contributed by atoms with E-state index in [-0.39, 0.29) is 17.5 Å². The number of hydrogen-bond acceptors (Lipinski definition) is 3. The van der Waals surface area contributed by atoms with E-state index in [1.807, 2.05) is 43.3 Å². The molecule has 0 saturated heterocycles. The van der Waals surface area contributed by atoms with Gasteiger partial charge in [0.15, 0.2) is 0 Å². The molecule has 2 aromatic rings. The van der Waals surface area contributed by atoms with Crippen molar-refractivity contribution in [1.29, 1.82) is 0 Å². The number of rotatable bonds is 7. The molecule has 130 valence electrons. The summed E-state index contributed by atoms with van der Waals surface area (Å²) in [5.41, 5.74) is 2.23. The monoisotopic (exact) mass is 350 g/mol. The second-order valence-electron chi connectivity index (χ2n) is 5.86. The number of nitrogens with one attached hydrogen (secondary N) is 1. The molecule has 0 spiro atoms. The van der Waals surface area contributed by atoms with Gasteiger partial charge >= 0.3 is 0 Å². The largest absolute Gasteiger partial charge is 0.301 e. The van der Waals surface area contributed by atoms with Crippen molar-refractivity contribution in [3.8, 4) is 0 Å². The van der Waals surface area contributed by atoms with Crippen molar-refractivity contribution in [2.75, 3.05) is 20.6 Å². The molecule has 2 rings (SSSR count). The summed E-state index contributed by atoms with van der Waals surface area (Å²) >= 11 is 0. The molecule has 1 atom stereocenters. The SMILES string of the molecule is CCc1ccc([C@H](CNS(=O)(=O)c2ccccc2F)N(C)C)cc1. The van der Waals surface area contributed by atoms with E-state index in [2.05, 4.69) is 11.6 Å². The normalized spacial score (nSPS) is 13.2. The number of benzene rings is 2. The van der Waals surface area contributed by atoms with Crippen molar-refractivity contribution in [3.63, 3.8) is 0 Å². The van der Waals surface area contributed by atoms with E-state index in [1.54, 1.807) is 0 Å². The lowest BCUT2D eigenvalue weighted by Crippen LogP contribution is -2.34. The Bertz CT molecular complexity index is 774. The third-order valence-corrected chi connectivity index (χ3v) is 5.45. The average Bonchev–Trinajstić information content (AvgIpc) is 2.55. The van der Waals surface area contributed by atoms with Crippen molar-refractivity contribution in [2.45, 2.75) is 24.3 Å². The Morgan fingerprint density at radius 3 is 2.25 bits per heavy atom. The summed E-state index contributed by atoms with van der Waals surface area (Å²) in [6, 6.07) is 13.3. The molecule has 4 nitrogen and oxygen atoms in total. The second kappa shape index (κ2) is 7.88. The summed E-state index contributed by atoms with van der Waals surface area (Å²) in [6.45, 7) is 2.25. The molecular formula is C18H23FN2O2S. The number of halogens is 1. The maximum absolute atomic E-state index is 13.7. The molecule has 0 aromatic heterocycles. The third kappa shape index (κ3) is 4.41. The second-order valence-corrected chi connectivity index (χ2v) is 7.59. The van der Waals surface area contributed by atoms with E-state index in [4.69, 9.17) is 0 Å². The summed E-state index contributed by atoms with van der Waals surface area (Å²) in [5, 5.41) is 0. The van der Waals surface area contributed by atoms with Crippen LogP contribution in [0.1, 0.15) is 24.1 Å². The van der Waals surface area contributed by atoms with Crippen LogP contribution in [-0.2, 0) is 16.4 Å². The van der Waals surface area contributed by atoms with Gasteiger partial charge in [0.2, 0.25) is 10.0 Å². The molecule has 0 heterocycles. The van der Waals surface area contributed by atoms with E-state index in [0.29, 0.717) is 0 Å². The molecule has 1 N–H and O–H groups in total. The summed E-state index contributed by atoms with van der Waals surface area (Å²) in [4.78, 5) is 1.61. The molecule has 0 aliphatic heterocycles. The zero-order valence-electron chi connectivity index (χ0n) is 14.2. The van der Waals surface area contributed by atoms with Crippen LogP contribution < -0.4 is 4.72 Å². The van der Waals surface area contributed by atoms with Gasteiger partial charge < -0.3 is 4.90 Å². The zero-order chi connectivity index (χ0) is 17.7. The van der Waals surface area contributed by atoms with Gasteiger partial charge in [-0.05, 0) is 43.8 Å². The van der Waals surface area contributed by atoms with Gasteiger partial charge in [-0.25, -0.2) is 17.5 Å². The van der Waals surface area contributed by atoms with E-state index >= 15 is 0 Å². The number of aryl methyl sites for hydroxylation is 1. The lowest BCUT2D eigenvalue weighted by Gasteiger charge is -2.25. The van der Waals surface area contributed by atoms with Crippen LogP contribution in [0.3, 0.4) is 0 Å². The van der Waals surface area contributed by atoms with Crippen LogP contribution in [0, 0.1) is 5.82 Å². The van der Waals surface area contributed by atoms with Crippen LogP contribution in [0.25, 0.3) is 0 Å². The lowest BCUT2D eigenvalue weighted by molar-refractivity contribution is 0.299. The van der Waals surface area contributed by atoms with Gasteiger partial charge in [0, 0.05) is 12.6 Å². The maximum Gasteiger partial charge on any atom is 0.243 e. The Morgan fingerprint density at radius 2 is 1.71 bits per heavy atom. The quantitative estimate of drug-likeness (QED) is 0.835. The van der Waals surface area contributed by atoms with E-state index in [1.165, 1.54) is 23.8 Å². The van der Waals surface area contributed by atoms with Gasteiger partial charge in [-0.2, -0.15) is 0 Å². The Hall–Kier alpha value is -1.76. The minimum atomic E-state index is -3.89. The molecule has 0 fully saturated rings. The van der Waals surface area contributed by atoms with Crippen molar-refractivity contribution in [3.05, 3.63) is 65.5 Å². The molecule has 2 aromatic carbocycles. The number of sulfonamides is 1.